The molecule has 2 aromatic carbocycles. The average molecular weight is 569 g/mol. The summed E-state index contributed by atoms with van der Waals surface area (Å²) in [5.41, 5.74) is 2.66. The number of amides is 1. The fourth-order valence-electron chi connectivity index (χ4n) is 8.44. The number of furan rings is 1. The highest BCUT2D eigenvalue weighted by atomic mass is 16.6. The number of hydrogen-bond acceptors (Lipinski definition) is 7. The zero-order valence-electron chi connectivity index (χ0n) is 24.0. The predicted octanol–water partition coefficient (Wildman–Crippen LogP) is 4.49. The van der Waals surface area contributed by atoms with E-state index in [1.807, 2.05) is 19.2 Å². The van der Waals surface area contributed by atoms with Gasteiger partial charge in [-0.3, -0.25) is 14.5 Å². The molecule has 8 heteroatoms. The van der Waals surface area contributed by atoms with Crippen LogP contribution >= 0.6 is 0 Å². The normalized spacial score (nSPS) is 29.1. The first kappa shape index (κ1) is 26.8. The second-order valence-corrected chi connectivity index (χ2v) is 12.1. The van der Waals surface area contributed by atoms with E-state index in [2.05, 4.69) is 29.2 Å². The third-order valence-corrected chi connectivity index (χ3v) is 10.2. The number of phenols is 1. The number of ether oxygens (including phenoxy) is 2. The second kappa shape index (κ2) is 10.1. The van der Waals surface area contributed by atoms with E-state index in [1.165, 1.54) is 12.5 Å². The Bertz CT molecular complexity index is 1530. The number of esters is 1. The van der Waals surface area contributed by atoms with Crippen LogP contribution in [0.1, 0.15) is 48.4 Å². The van der Waals surface area contributed by atoms with E-state index < -0.39 is 17.1 Å². The van der Waals surface area contributed by atoms with Crippen molar-refractivity contribution in [1.82, 2.24) is 9.80 Å². The Labute approximate surface area is 245 Å². The van der Waals surface area contributed by atoms with Crippen LogP contribution in [0.25, 0.3) is 6.08 Å². The molecule has 1 spiro atoms. The Morgan fingerprint density at radius 2 is 2.00 bits per heavy atom. The molecule has 3 aromatic rings. The SMILES string of the molecule is CC(=O)O[C@@]12CC[C@H](N(C)C(=O)/C=C/c3ccoc3)[C@@H]3Oc4c(O)ccc5c4[C@@]31CCN(CCc1ccccc1)[C@@H]2C5. The van der Waals surface area contributed by atoms with Crippen molar-refractivity contribution < 1.29 is 28.6 Å². The highest BCUT2D eigenvalue weighted by Crippen LogP contribution is 2.67. The molecule has 1 N–H and O–H groups in total. The minimum Gasteiger partial charge on any atom is -0.504 e. The smallest absolute Gasteiger partial charge is 0.303 e. The van der Waals surface area contributed by atoms with Crippen molar-refractivity contribution in [3.63, 3.8) is 0 Å². The molecule has 1 aromatic heterocycles. The van der Waals surface area contributed by atoms with Crippen LogP contribution in [0.15, 0.2) is 71.6 Å². The predicted molar refractivity (Wildman–Crippen MR) is 156 cm³/mol. The van der Waals surface area contributed by atoms with Crippen LogP contribution < -0.4 is 4.74 Å². The summed E-state index contributed by atoms with van der Waals surface area (Å²) < 4.78 is 18.4. The number of carbonyl (C=O) groups excluding carboxylic acids is 2. The van der Waals surface area contributed by atoms with Crippen LogP contribution in [-0.2, 0) is 32.6 Å². The number of piperidine rings is 1. The summed E-state index contributed by atoms with van der Waals surface area (Å²) in [4.78, 5) is 30.6. The lowest BCUT2D eigenvalue weighted by molar-refractivity contribution is -0.223. The van der Waals surface area contributed by atoms with Crippen LogP contribution in [0.5, 0.6) is 11.5 Å². The standard InChI is InChI=1S/C34H36N2O6/c1-22(37)42-34-15-12-26(35(2)29(39)11-8-24-14-19-40-21-24)32-33(34)16-18-36(17-13-23-6-4-3-5-7-23)28(34)20-25-9-10-27(38)31(41-32)30(25)33/h3-11,14,19,21,26,28,32,38H,12-13,15-18,20H2,1-2H3/b11-8+/t26-,28+,32-,33-,34+/m0/s1. The molecule has 2 aliphatic carbocycles. The van der Waals surface area contributed by atoms with Gasteiger partial charge in [0.2, 0.25) is 5.91 Å². The molecular weight excluding hydrogens is 532 g/mol. The van der Waals surface area contributed by atoms with Gasteiger partial charge in [-0.2, -0.15) is 0 Å². The van der Waals surface area contributed by atoms with Crippen molar-refractivity contribution >= 4 is 18.0 Å². The van der Waals surface area contributed by atoms with Gasteiger partial charge in [-0.15, -0.1) is 0 Å². The Morgan fingerprint density at radius 3 is 2.76 bits per heavy atom. The number of likely N-dealkylation sites (tertiary alicyclic amines) is 1. The Hall–Kier alpha value is -4.04. The van der Waals surface area contributed by atoms with Gasteiger partial charge in [0.25, 0.3) is 0 Å². The molecule has 2 aliphatic heterocycles. The largest absolute Gasteiger partial charge is 0.504 e. The third-order valence-electron chi connectivity index (χ3n) is 10.2. The highest BCUT2D eigenvalue weighted by molar-refractivity contribution is 5.92. The Balaban J connectivity index is 1.29. The van der Waals surface area contributed by atoms with Gasteiger partial charge in [-0.1, -0.05) is 36.4 Å². The van der Waals surface area contributed by atoms with Gasteiger partial charge in [0.15, 0.2) is 11.5 Å². The van der Waals surface area contributed by atoms with Crippen molar-refractivity contribution in [1.29, 1.82) is 0 Å². The highest BCUT2D eigenvalue weighted by Gasteiger charge is 2.75. The van der Waals surface area contributed by atoms with E-state index in [0.717, 1.165) is 36.2 Å². The summed E-state index contributed by atoms with van der Waals surface area (Å²) in [7, 11) is 1.81. The second-order valence-electron chi connectivity index (χ2n) is 12.1. The molecule has 1 saturated carbocycles. The van der Waals surface area contributed by atoms with E-state index in [-0.39, 0.29) is 29.7 Å². The number of aromatic hydroxyl groups is 1. The van der Waals surface area contributed by atoms with E-state index in [0.29, 0.717) is 31.4 Å². The maximum Gasteiger partial charge on any atom is 0.303 e. The molecule has 3 heterocycles. The zero-order chi connectivity index (χ0) is 29.1. The number of benzene rings is 2. The van der Waals surface area contributed by atoms with Crippen LogP contribution in [0.4, 0.5) is 0 Å². The van der Waals surface area contributed by atoms with Crippen molar-refractivity contribution in [2.24, 2.45) is 0 Å². The zero-order valence-corrected chi connectivity index (χ0v) is 24.0. The Morgan fingerprint density at radius 1 is 1.17 bits per heavy atom. The molecule has 7 rings (SSSR count). The van der Waals surface area contributed by atoms with Gasteiger partial charge < -0.3 is 23.9 Å². The number of rotatable bonds is 7. The number of likely N-dealkylation sites (N-methyl/N-ethyl adjacent to an activating group) is 1. The first-order valence-corrected chi connectivity index (χ1v) is 14.8. The molecule has 1 saturated heterocycles. The maximum atomic E-state index is 13.4. The van der Waals surface area contributed by atoms with E-state index in [9.17, 15) is 14.7 Å². The monoisotopic (exact) mass is 568 g/mol. The first-order chi connectivity index (χ1) is 20.3. The van der Waals surface area contributed by atoms with Gasteiger partial charge in [-0.05, 0) is 68.0 Å². The molecule has 1 amide bonds. The molecule has 8 nitrogen and oxygen atoms in total. The molecule has 4 aliphatic rings. The topological polar surface area (TPSA) is 92.5 Å². The van der Waals surface area contributed by atoms with Gasteiger partial charge in [0.05, 0.1) is 30.0 Å². The average Bonchev–Trinajstić information content (AvgIpc) is 3.63. The van der Waals surface area contributed by atoms with Crippen molar-refractivity contribution in [3.05, 3.63) is 89.4 Å². The number of hydrogen-bond donors (Lipinski definition) is 1. The molecular formula is C34H36N2O6. The van der Waals surface area contributed by atoms with Crippen molar-refractivity contribution in [2.45, 2.75) is 68.2 Å². The molecule has 2 fully saturated rings. The minimum absolute atomic E-state index is 0.0455. The molecule has 5 atom stereocenters. The fraction of sp³-hybridized carbons (Fsp3) is 0.412. The first-order valence-electron chi connectivity index (χ1n) is 14.8. The lowest BCUT2D eigenvalue weighted by atomic mass is 9.48. The summed E-state index contributed by atoms with van der Waals surface area (Å²) in [6.07, 6.45) is 9.49. The van der Waals surface area contributed by atoms with Gasteiger partial charge in [-0.25, -0.2) is 0 Å². The molecule has 218 valence electrons. The maximum absolute atomic E-state index is 13.4. The minimum atomic E-state index is -0.836. The Kier molecular flexibility index (Phi) is 6.42. The number of phenolic OH excluding ortho intramolecular Hbond substituents is 1. The van der Waals surface area contributed by atoms with Gasteiger partial charge in [0.1, 0.15) is 11.7 Å². The van der Waals surface area contributed by atoms with Crippen molar-refractivity contribution in [2.75, 3.05) is 20.1 Å². The van der Waals surface area contributed by atoms with Crippen LogP contribution in [0, 0.1) is 0 Å². The van der Waals surface area contributed by atoms with Crippen molar-refractivity contribution in [3.8, 4) is 11.5 Å². The summed E-state index contributed by atoms with van der Waals surface area (Å²) in [6.45, 7) is 3.14. The van der Waals surface area contributed by atoms with Gasteiger partial charge >= 0.3 is 5.97 Å². The molecule has 0 unspecified atom stereocenters. The quantitative estimate of drug-likeness (QED) is 0.332. The van der Waals surface area contributed by atoms with Crippen LogP contribution in [0.3, 0.4) is 0 Å². The summed E-state index contributed by atoms with van der Waals surface area (Å²) in [5, 5.41) is 11.0. The van der Waals surface area contributed by atoms with Crippen LogP contribution in [0.2, 0.25) is 0 Å². The lowest BCUT2D eigenvalue weighted by Gasteiger charge is -2.65. The summed E-state index contributed by atoms with van der Waals surface area (Å²) >= 11 is 0. The molecule has 42 heavy (non-hydrogen) atoms. The van der Waals surface area contributed by atoms with Gasteiger partial charge in [0, 0.05) is 37.7 Å². The van der Waals surface area contributed by atoms with E-state index >= 15 is 0 Å². The number of carbonyl (C=O) groups is 2. The van der Waals surface area contributed by atoms with E-state index in [4.69, 9.17) is 13.9 Å². The van der Waals surface area contributed by atoms with Crippen LogP contribution in [-0.4, -0.2) is 70.7 Å². The number of nitrogens with zero attached hydrogens (tertiary/aromatic N) is 2. The summed E-state index contributed by atoms with van der Waals surface area (Å²) in [6, 6.07) is 15.7. The summed E-state index contributed by atoms with van der Waals surface area (Å²) in [5.74, 6) is 0.110. The lowest BCUT2D eigenvalue weighted by Crippen LogP contribution is -2.79. The molecule has 0 radical (unpaired) electrons. The van der Waals surface area contributed by atoms with E-state index in [1.54, 1.807) is 41.7 Å². The fourth-order valence-corrected chi connectivity index (χ4v) is 8.44. The molecule has 2 bridgehead atoms. The third kappa shape index (κ3) is 3.91.